The van der Waals surface area contributed by atoms with Gasteiger partial charge in [-0.2, -0.15) is 0 Å². The fourth-order valence-corrected chi connectivity index (χ4v) is 5.50. The number of ether oxygens (including phenoxy) is 1. The molecule has 8 heteroatoms. The summed E-state index contributed by atoms with van der Waals surface area (Å²) in [5.41, 5.74) is -0.660. The Morgan fingerprint density at radius 3 is 2.82 bits per heavy atom. The standard InChI is InChI=1S/C14H14BrNO4S2/c15-12-5-6-13(21-12)22(18,19)16-9-14(17)7-8-20-11-4-2-1-3-10(11)14/h1-6,16-17H,7-9H2/t14-/m1/s1. The maximum absolute atomic E-state index is 12.3. The molecule has 2 N–H and O–H groups in total. The third kappa shape index (κ3) is 3.07. The number of para-hydroxylation sites is 1. The van der Waals surface area contributed by atoms with E-state index in [9.17, 15) is 13.5 Å². The Labute approximate surface area is 141 Å². The zero-order chi connectivity index (χ0) is 15.8. The SMILES string of the molecule is O=S(=O)(NC[C@]1(O)CCOc2ccccc21)c1ccc(Br)s1. The molecule has 1 aliphatic heterocycles. The van der Waals surface area contributed by atoms with Gasteiger partial charge in [-0.1, -0.05) is 18.2 Å². The first-order chi connectivity index (χ1) is 10.4. The zero-order valence-corrected chi connectivity index (χ0v) is 14.7. The number of nitrogens with one attached hydrogen (secondary N) is 1. The number of fused-ring (bicyclic) bond motifs is 1. The summed E-state index contributed by atoms with van der Waals surface area (Å²) >= 11 is 4.37. The van der Waals surface area contributed by atoms with Gasteiger partial charge in [0.05, 0.1) is 10.4 Å². The van der Waals surface area contributed by atoms with Gasteiger partial charge in [0.25, 0.3) is 0 Å². The summed E-state index contributed by atoms with van der Waals surface area (Å²) < 4.78 is 33.5. The Hall–Kier alpha value is -0.930. The number of rotatable bonds is 4. The molecule has 1 aliphatic rings. The molecule has 0 spiro atoms. The fraction of sp³-hybridized carbons (Fsp3) is 0.286. The van der Waals surface area contributed by atoms with Gasteiger partial charge in [0, 0.05) is 18.5 Å². The van der Waals surface area contributed by atoms with Gasteiger partial charge in [-0.25, -0.2) is 13.1 Å². The zero-order valence-electron chi connectivity index (χ0n) is 11.5. The highest BCUT2D eigenvalue weighted by molar-refractivity contribution is 9.11. The summed E-state index contributed by atoms with van der Waals surface area (Å²) in [5, 5.41) is 10.8. The minimum Gasteiger partial charge on any atom is -0.493 e. The fourth-order valence-electron chi connectivity index (χ4n) is 2.35. The Kier molecular flexibility index (Phi) is 4.30. The Morgan fingerprint density at radius 1 is 1.32 bits per heavy atom. The number of hydrogen-bond acceptors (Lipinski definition) is 5. The van der Waals surface area contributed by atoms with Crippen molar-refractivity contribution in [3.8, 4) is 5.75 Å². The number of sulfonamides is 1. The van der Waals surface area contributed by atoms with Crippen molar-refractivity contribution < 1.29 is 18.3 Å². The number of benzene rings is 1. The van der Waals surface area contributed by atoms with E-state index in [1.54, 1.807) is 24.3 Å². The largest absolute Gasteiger partial charge is 0.493 e. The molecule has 0 amide bonds. The van der Waals surface area contributed by atoms with Crippen LogP contribution in [-0.2, 0) is 15.6 Å². The lowest BCUT2D eigenvalue weighted by Crippen LogP contribution is -2.43. The second-order valence-electron chi connectivity index (χ2n) is 5.01. The van der Waals surface area contributed by atoms with Crippen molar-refractivity contribution in [3.05, 3.63) is 45.7 Å². The van der Waals surface area contributed by atoms with E-state index in [0.29, 0.717) is 24.3 Å². The van der Waals surface area contributed by atoms with E-state index < -0.39 is 15.6 Å². The van der Waals surface area contributed by atoms with E-state index in [-0.39, 0.29) is 10.8 Å². The van der Waals surface area contributed by atoms with E-state index in [1.165, 1.54) is 6.07 Å². The van der Waals surface area contributed by atoms with Crippen LogP contribution in [0.5, 0.6) is 5.75 Å². The van der Waals surface area contributed by atoms with E-state index in [1.807, 2.05) is 6.07 Å². The van der Waals surface area contributed by atoms with Crippen LogP contribution >= 0.6 is 27.3 Å². The van der Waals surface area contributed by atoms with E-state index >= 15 is 0 Å². The van der Waals surface area contributed by atoms with Crippen molar-refractivity contribution in [1.82, 2.24) is 4.72 Å². The molecule has 5 nitrogen and oxygen atoms in total. The molecule has 0 radical (unpaired) electrons. The van der Waals surface area contributed by atoms with Gasteiger partial charge in [0.15, 0.2) is 0 Å². The molecule has 2 aromatic rings. The molecule has 1 atom stereocenters. The van der Waals surface area contributed by atoms with Gasteiger partial charge >= 0.3 is 0 Å². The second-order valence-corrected chi connectivity index (χ2v) is 9.47. The molecule has 118 valence electrons. The van der Waals surface area contributed by atoms with E-state index in [0.717, 1.165) is 15.1 Å². The van der Waals surface area contributed by atoms with Crippen LogP contribution in [0.2, 0.25) is 0 Å². The Morgan fingerprint density at radius 2 is 2.09 bits per heavy atom. The van der Waals surface area contributed by atoms with Crippen molar-refractivity contribution in [2.75, 3.05) is 13.2 Å². The maximum Gasteiger partial charge on any atom is 0.250 e. The van der Waals surface area contributed by atoms with Crippen molar-refractivity contribution in [1.29, 1.82) is 0 Å². The van der Waals surface area contributed by atoms with Crippen LogP contribution in [0.3, 0.4) is 0 Å². The van der Waals surface area contributed by atoms with Gasteiger partial charge in [0.1, 0.15) is 15.6 Å². The van der Waals surface area contributed by atoms with Gasteiger partial charge < -0.3 is 9.84 Å². The van der Waals surface area contributed by atoms with Crippen LogP contribution in [0.25, 0.3) is 0 Å². The summed E-state index contributed by atoms with van der Waals surface area (Å²) in [5.74, 6) is 0.592. The summed E-state index contributed by atoms with van der Waals surface area (Å²) in [7, 11) is -3.64. The molecular formula is C14H14BrNO4S2. The van der Waals surface area contributed by atoms with Crippen molar-refractivity contribution in [2.24, 2.45) is 0 Å². The minimum atomic E-state index is -3.64. The Balaban J connectivity index is 1.82. The summed E-state index contributed by atoms with van der Waals surface area (Å²) in [6, 6.07) is 10.3. The number of thiophene rings is 1. The molecule has 0 saturated heterocycles. The molecule has 1 aromatic heterocycles. The molecular weight excluding hydrogens is 390 g/mol. The number of aliphatic hydroxyl groups is 1. The van der Waals surface area contributed by atoms with Crippen molar-refractivity contribution in [2.45, 2.75) is 16.2 Å². The van der Waals surface area contributed by atoms with Crippen LogP contribution in [0, 0.1) is 0 Å². The van der Waals surface area contributed by atoms with E-state index in [2.05, 4.69) is 20.7 Å². The highest BCUT2D eigenvalue weighted by Crippen LogP contribution is 2.36. The molecule has 22 heavy (non-hydrogen) atoms. The lowest BCUT2D eigenvalue weighted by atomic mass is 9.88. The molecule has 0 fully saturated rings. The molecule has 0 unspecified atom stereocenters. The highest BCUT2D eigenvalue weighted by atomic mass is 79.9. The third-order valence-electron chi connectivity index (χ3n) is 3.53. The molecule has 3 rings (SSSR count). The number of hydrogen-bond donors (Lipinski definition) is 2. The summed E-state index contributed by atoms with van der Waals surface area (Å²) in [6.45, 7) is 0.255. The average Bonchev–Trinajstić information content (AvgIpc) is 2.94. The second kappa shape index (κ2) is 5.93. The molecule has 2 heterocycles. The summed E-state index contributed by atoms with van der Waals surface area (Å²) in [4.78, 5) is 0. The first-order valence-electron chi connectivity index (χ1n) is 6.60. The monoisotopic (exact) mass is 403 g/mol. The van der Waals surface area contributed by atoms with Crippen molar-refractivity contribution >= 4 is 37.3 Å². The van der Waals surface area contributed by atoms with Crippen LogP contribution in [-0.4, -0.2) is 26.7 Å². The van der Waals surface area contributed by atoms with Gasteiger partial charge in [-0.05, 0) is 34.1 Å². The molecule has 0 bridgehead atoms. The molecule has 1 aromatic carbocycles. The lowest BCUT2D eigenvalue weighted by molar-refractivity contribution is 0.00220. The normalized spacial score (nSPS) is 21.2. The van der Waals surface area contributed by atoms with Gasteiger partial charge in [-0.3, -0.25) is 0 Å². The average molecular weight is 404 g/mol. The van der Waals surface area contributed by atoms with E-state index in [4.69, 9.17) is 4.74 Å². The van der Waals surface area contributed by atoms with Crippen molar-refractivity contribution in [3.63, 3.8) is 0 Å². The topological polar surface area (TPSA) is 75.6 Å². The highest BCUT2D eigenvalue weighted by Gasteiger charge is 2.36. The van der Waals surface area contributed by atoms with Crippen LogP contribution in [0.15, 0.2) is 44.4 Å². The molecule has 0 saturated carbocycles. The quantitative estimate of drug-likeness (QED) is 0.821. The van der Waals surface area contributed by atoms with Crippen LogP contribution in [0.4, 0.5) is 0 Å². The maximum atomic E-state index is 12.3. The first-order valence-corrected chi connectivity index (χ1v) is 9.70. The Bertz CT molecular complexity index is 790. The smallest absolute Gasteiger partial charge is 0.250 e. The lowest BCUT2D eigenvalue weighted by Gasteiger charge is -2.34. The number of halogens is 1. The van der Waals surface area contributed by atoms with Gasteiger partial charge in [0.2, 0.25) is 10.0 Å². The molecule has 0 aliphatic carbocycles. The van der Waals surface area contributed by atoms with Gasteiger partial charge in [-0.15, -0.1) is 11.3 Å². The third-order valence-corrected chi connectivity index (χ3v) is 7.05. The minimum absolute atomic E-state index is 0.0920. The predicted molar refractivity (Wildman–Crippen MR) is 87.7 cm³/mol. The van der Waals surface area contributed by atoms with Crippen LogP contribution in [0.1, 0.15) is 12.0 Å². The predicted octanol–water partition coefficient (Wildman–Crippen LogP) is 2.46. The summed E-state index contributed by atoms with van der Waals surface area (Å²) in [6.07, 6.45) is 0.334. The van der Waals surface area contributed by atoms with Crippen LogP contribution < -0.4 is 9.46 Å². The first kappa shape index (κ1) is 15.9.